The maximum atomic E-state index is 8.50. The molecule has 0 aromatic rings. The molecule has 0 saturated heterocycles. The first kappa shape index (κ1) is 67.6. The van der Waals surface area contributed by atoms with Crippen molar-refractivity contribution in [1.29, 1.82) is 0 Å². The van der Waals surface area contributed by atoms with Crippen LogP contribution >= 0.6 is 17.2 Å². The second-order valence-corrected chi connectivity index (χ2v) is 12.3. The highest BCUT2D eigenvalue weighted by molar-refractivity contribution is 7.38. The maximum Gasteiger partial charge on any atom is 0.324 e. The first-order valence-electron chi connectivity index (χ1n) is 14.6. The summed E-state index contributed by atoms with van der Waals surface area (Å²) in [4.78, 5) is 43.4. The number of hydrogen-bond acceptors (Lipinski definition) is 26. The van der Waals surface area contributed by atoms with Crippen molar-refractivity contribution in [1.82, 2.24) is 0 Å². The molecule has 0 atom stereocenters. The number of aliphatic hydroxyl groups excluding tert-OH is 20. The van der Waals surface area contributed by atoms with Crippen LogP contribution in [0.5, 0.6) is 0 Å². The van der Waals surface area contributed by atoms with Gasteiger partial charge in [-0.3, -0.25) is 0 Å². The standard InChI is InChI=1S/5C5H12O4.2H3O3P/c5*6-1-5(2-7,3-8)4-9;2*1-4(2)3/h5*6-9H,1-4H2;2*1-3H. The Labute approximate surface area is 308 Å². The Morgan fingerprint density at radius 2 is 0.208 bits per heavy atom. The lowest BCUT2D eigenvalue weighted by molar-refractivity contribution is -0.0332. The van der Waals surface area contributed by atoms with Crippen LogP contribution in [0.15, 0.2) is 0 Å². The van der Waals surface area contributed by atoms with Gasteiger partial charge in [-0.1, -0.05) is 0 Å². The molecule has 0 unspecified atom stereocenters. The van der Waals surface area contributed by atoms with Crippen molar-refractivity contribution in [3.05, 3.63) is 0 Å². The van der Waals surface area contributed by atoms with Gasteiger partial charge < -0.3 is 131 Å². The van der Waals surface area contributed by atoms with Crippen LogP contribution in [-0.2, 0) is 0 Å². The van der Waals surface area contributed by atoms with Crippen LogP contribution in [0.25, 0.3) is 0 Å². The Hall–Kier alpha value is -0.180. The van der Waals surface area contributed by atoms with Gasteiger partial charge in [0.05, 0.1) is 159 Å². The molecule has 0 fully saturated rings. The quantitative estimate of drug-likeness (QED) is 0.0506. The van der Waals surface area contributed by atoms with E-state index in [4.69, 9.17) is 131 Å². The van der Waals surface area contributed by atoms with E-state index in [-0.39, 0.29) is 0 Å². The number of rotatable bonds is 20. The Morgan fingerprint density at radius 3 is 0.208 bits per heavy atom. The highest BCUT2D eigenvalue weighted by atomic mass is 31.2. The van der Waals surface area contributed by atoms with Crippen molar-refractivity contribution in [2.45, 2.75) is 0 Å². The smallest absolute Gasteiger partial charge is 0.324 e. The van der Waals surface area contributed by atoms with Crippen molar-refractivity contribution in [3.63, 3.8) is 0 Å². The highest BCUT2D eigenvalue weighted by Crippen LogP contribution is 2.15. The van der Waals surface area contributed by atoms with Crippen molar-refractivity contribution < 1.29 is 131 Å². The summed E-state index contributed by atoms with van der Waals surface area (Å²) < 4.78 is 0. The summed E-state index contributed by atoms with van der Waals surface area (Å²) in [5.74, 6) is 0. The van der Waals surface area contributed by atoms with Gasteiger partial charge in [0.2, 0.25) is 0 Å². The lowest BCUT2D eigenvalue weighted by Crippen LogP contribution is -2.37. The maximum absolute atomic E-state index is 8.50. The molecule has 0 aromatic carbocycles. The van der Waals surface area contributed by atoms with Gasteiger partial charge in [-0.15, -0.1) is 0 Å². The highest BCUT2D eigenvalue weighted by Gasteiger charge is 2.29. The third-order valence-corrected chi connectivity index (χ3v) is 6.71. The molecule has 0 aliphatic rings. The molecular formula is C25H66O26P2. The van der Waals surface area contributed by atoms with Crippen molar-refractivity contribution in [3.8, 4) is 0 Å². The molecule has 0 rings (SSSR count). The molecule has 28 heteroatoms. The Kier molecular flexibility index (Phi) is 54.8. The second-order valence-electron chi connectivity index (χ2n) is 11.2. The summed E-state index contributed by atoms with van der Waals surface area (Å²) in [5.41, 5.74) is -5.56. The molecule has 0 aromatic heterocycles. The summed E-state index contributed by atoms with van der Waals surface area (Å²) in [6.45, 7) is -8.12. The molecule has 26 nitrogen and oxygen atoms in total. The van der Waals surface area contributed by atoms with Crippen LogP contribution in [0.2, 0.25) is 0 Å². The predicted molar refractivity (Wildman–Crippen MR) is 181 cm³/mol. The molecule has 26 N–H and O–H groups in total. The third kappa shape index (κ3) is 35.9. The van der Waals surface area contributed by atoms with Crippen molar-refractivity contribution in [2.75, 3.05) is 132 Å². The average Bonchev–Trinajstić information content (AvgIpc) is 3.18. The first-order chi connectivity index (χ1) is 24.7. The van der Waals surface area contributed by atoms with E-state index in [1.807, 2.05) is 0 Å². The van der Waals surface area contributed by atoms with E-state index in [1.165, 1.54) is 0 Å². The number of hydrogen-bond donors (Lipinski definition) is 26. The van der Waals surface area contributed by atoms with Crippen LogP contribution in [0.3, 0.4) is 0 Å². The van der Waals surface area contributed by atoms with Gasteiger partial charge >= 0.3 is 17.2 Å². The zero-order chi connectivity index (χ0) is 43.8. The zero-order valence-corrected chi connectivity index (χ0v) is 31.0. The summed E-state index contributed by atoms with van der Waals surface area (Å²) >= 11 is 0. The van der Waals surface area contributed by atoms with Crippen LogP contribution in [0.4, 0.5) is 0 Å². The molecular weight excluding hydrogens is 778 g/mol. The minimum absolute atomic E-state index is 0.406. The molecule has 0 heterocycles. The fraction of sp³-hybridized carbons (Fsp3) is 1.00. The van der Waals surface area contributed by atoms with Gasteiger partial charge in [0, 0.05) is 0 Å². The second kappa shape index (κ2) is 43.0. The molecule has 0 bridgehead atoms. The monoisotopic (exact) mass is 844 g/mol. The minimum Gasteiger partial charge on any atom is -0.396 e. The summed E-state index contributed by atoms with van der Waals surface area (Å²) in [7, 11) is -5.24. The molecule has 0 saturated carbocycles. The molecule has 0 spiro atoms. The topological polar surface area (TPSA) is 526 Å². The van der Waals surface area contributed by atoms with E-state index in [0.717, 1.165) is 0 Å². The lowest BCUT2D eigenvalue weighted by atomic mass is 9.93. The molecule has 0 aliphatic heterocycles. The van der Waals surface area contributed by atoms with Crippen LogP contribution < -0.4 is 0 Å². The van der Waals surface area contributed by atoms with E-state index < -0.39 is 176 Å². The van der Waals surface area contributed by atoms with Gasteiger partial charge in [-0.25, -0.2) is 0 Å². The molecule has 0 amide bonds. The molecule has 0 aliphatic carbocycles. The Balaban J connectivity index is -0.0000000949. The van der Waals surface area contributed by atoms with Crippen LogP contribution in [-0.4, -0.2) is 264 Å². The van der Waals surface area contributed by atoms with Gasteiger partial charge in [0.25, 0.3) is 0 Å². The van der Waals surface area contributed by atoms with Crippen LogP contribution in [0.1, 0.15) is 0 Å². The normalized spacial score (nSPS) is 11.5. The fourth-order valence-corrected chi connectivity index (χ4v) is 1.50. The van der Waals surface area contributed by atoms with E-state index >= 15 is 0 Å². The van der Waals surface area contributed by atoms with Crippen molar-refractivity contribution >= 4 is 17.2 Å². The summed E-state index contributed by atoms with van der Waals surface area (Å²) in [6.07, 6.45) is 0. The largest absolute Gasteiger partial charge is 0.396 e. The molecule has 0 radical (unpaired) electrons. The van der Waals surface area contributed by atoms with Gasteiger partial charge in [0.15, 0.2) is 0 Å². The summed E-state index contributed by atoms with van der Waals surface area (Å²) in [5, 5.41) is 170. The van der Waals surface area contributed by atoms with E-state index in [0.29, 0.717) is 0 Å². The fourth-order valence-electron chi connectivity index (χ4n) is 1.50. The van der Waals surface area contributed by atoms with Gasteiger partial charge in [0.1, 0.15) is 0 Å². The zero-order valence-electron chi connectivity index (χ0n) is 29.2. The predicted octanol–water partition coefficient (Wildman–Crippen LogP) is -11.9. The average molecular weight is 845 g/mol. The SMILES string of the molecule is OCC(CO)(CO)CO.OCC(CO)(CO)CO.OCC(CO)(CO)CO.OCC(CO)(CO)CO.OCC(CO)(CO)CO.OP(O)O.OP(O)O. The first-order valence-corrected chi connectivity index (χ1v) is 17.0. The summed E-state index contributed by atoms with van der Waals surface area (Å²) in [6, 6.07) is 0. The van der Waals surface area contributed by atoms with E-state index in [1.54, 1.807) is 0 Å². The minimum atomic E-state index is -2.62. The van der Waals surface area contributed by atoms with Crippen molar-refractivity contribution in [2.24, 2.45) is 27.1 Å². The number of aliphatic hydroxyl groups is 20. The molecule has 53 heavy (non-hydrogen) atoms. The third-order valence-electron chi connectivity index (χ3n) is 6.71. The van der Waals surface area contributed by atoms with E-state index in [2.05, 4.69) is 0 Å². The van der Waals surface area contributed by atoms with E-state index in [9.17, 15) is 0 Å². The van der Waals surface area contributed by atoms with Gasteiger partial charge in [-0.2, -0.15) is 0 Å². The Morgan fingerprint density at radius 1 is 0.170 bits per heavy atom. The lowest BCUT2D eigenvalue weighted by Gasteiger charge is -2.23. The van der Waals surface area contributed by atoms with Crippen LogP contribution in [0, 0.1) is 27.1 Å². The Bertz CT molecular complexity index is 465. The van der Waals surface area contributed by atoms with Gasteiger partial charge in [-0.05, 0) is 0 Å². The molecule has 332 valence electrons.